The van der Waals surface area contributed by atoms with Gasteiger partial charge in [-0.15, -0.1) is 0 Å². The molecule has 1 aliphatic rings. The number of nitrogens with zero attached hydrogens (tertiary/aromatic N) is 4. The van der Waals surface area contributed by atoms with Crippen molar-refractivity contribution in [1.82, 2.24) is 14.7 Å². The Morgan fingerprint density at radius 3 is 2.54 bits per heavy atom. The van der Waals surface area contributed by atoms with Crippen molar-refractivity contribution in [3.63, 3.8) is 0 Å². The second-order valence-electron chi connectivity index (χ2n) is 7.00. The minimum atomic E-state index is -0.0138. The minimum absolute atomic E-state index is 0.0138. The van der Waals surface area contributed by atoms with E-state index in [0.717, 1.165) is 37.0 Å². The zero-order valence-electron chi connectivity index (χ0n) is 15.4. The lowest BCUT2D eigenvalue weighted by Crippen LogP contribution is -2.48. The molecular formula is C21H24N4O. The van der Waals surface area contributed by atoms with Crippen LogP contribution in [0.1, 0.15) is 11.1 Å². The van der Waals surface area contributed by atoms with Gasteiger partial charge in [-0.3, -0.25) is 9.69 Å². The van der Waals surface area contributed by atoms with Crippen LogP contribution in [0.25, 0.3) is 10.8 Å². The molecule has 134 valence electrons. The molecule has 0 atom stereocenters. The predicted molar refractivity (Wildman–Crippen MR) is 106 cm³/mol. The van der Waals surface area contributed by atoms with Crippen LogP contribution in [0.3, 0.4) is 0 Å². The molecule has 3 aromatic rings. The number of anilines is 1. The molecule has 4 rings (SSSR count). The van der Waals surface area contributed by atoms with Gasteiger partial charge in [0.2, 0.25) is 0 Å². The predicted octanol–water partition coefficient (Wildman–Crippen LogP) is 2.79. The van der Waals surface area contributed by atoms with Crippen LogP contribution in [0.2, 0.25) is 0 Å². The highest BCUT2D eigenvalue weighted by Gasteiger charge is 2.19. The van der Waals surface area contributed by atoms with Crippen molar-refractivity contribution >= 4 is 16.5 Å². The molecule has 5 nitrogen and oxygen atoms in total. The van der Waals surface area contributed by atoms with E-state index in [2.05, 4.69) is 46.9 Å². The Morgan fingerprint density at radius 2 is 1.73 bits per heavy atom. The number of hydrogen-bond acceptors (Lipinski definition) is 4. The van der Waals surface area contributed by atoms with E-state index in [1.54, 1.807) is 10.9 Å². The van der Waals surface area contributed by atoms with Crippen LogP contribution in [0.15, 0.2) is 53.5 Å². The van der Waals surface area contributed by atoms with Gasteiger partial charge in [0.05, 0.1) is 18.3 Å². The molecule has 2 heterocycles. The topological polar surface area (TPSA) is 41.4 Å². The summed E-state index contributed by atoms with van der Waals surface area (Å²) in [4.78, 5) is 17.4. The van der Waals surface area contributed by atoms with Gasteiger partial charge >= 0.3 is 0 Å². The summed E-state index contributed by atoms with van der Waals surface area (Å²) in [6.07, 6.45) is 1.78. The Bertz CT molecular complexity index is 987. The SMILES string of the molecule is Cc1cccc(N2CCN(Cn3ncc4ccccc4c3=O)CC2)c1C. The molecule has 26 heavy (non-hydrogen) atoms. The third kappa shape index (κ3) is 3.10. The molecule has 1 aromatic heterocycles. The lowest BCUT2D eigenvalue weighted by Gasteiger charge is -2.36. The van der Waals surface area contributed by atoms with Gasteiger partial charge in [0.25, 0.3) is 5.56 Å². The van der Waals surface area contributed by atoms with Crippen molar-refractivity contribution < 1.29 is 0 Å². The van der Waals surface area contributed by atoms with Gasteiger partial charge in [0.1, 0.15) is 0 Å². The standard InChI is InChI=1S/C21H24N4O/c1-16-6-5-9-20(17(16)2)24-12-10-23(11-13-24)15-25-21(26)19-8-4-3-7-18(19)14-22-25/h3-9,14H,10-13,15H2,1-2H3. The highest BCUT2D eigenvalue weighted by Crippen LogP contribution is 2.23. The van der Waals surface area contributed by atoms with Crippen molar-refractivity contribution in [2.75, 3.05) is 31.1 Å². The molecule has 0 unspecified atom stereocenters. The van der Waals surface area contributed by atoms with Gasteiger partial charge in [0.15, 0.2) is 0 Å². The smallest absolute Gasteiger partial charge is 0.275 e. The third-order valence-corrected chi connectivity index (χ3v) is 5.38. The summed E-state index contributed by atoms with van der Waals surface area (Å²) in [5.41, 5.74) is 4.00. The zero-order chi connectivity index (χ0) is 18.1. The number of rotatable bonds is 3. The summed E-state index contributed by atoms with van der Waals surface area (Å²) in [5.74, 6) is 0. The fourth-order valence-corrected chi connectivity index (χ4v) is 3.63. The second-order valence-corrected chi connectivity index (χ2v) is 7.00. The summed E-state index contributed by atoms with van der Waals surface area (Å²) >= 11 is 0. The molecule has 1 aliphatic heterocycles. The molecule has 0 aliphatic carbocycles. The summed E-state index contributed by atoms with van der Waals surface area (Å²) in [5, 5.41) is 5.98. The van der Waals surface area contributed by atoms with E-state index in [-0.39, 0.29) is 5.56 Å². The van der Waals surface area contributed by atoms with E-state index < -0.39 is 0 Å². The molecule has 0 radical (unpaired) electrons. The van der Waals surface area contributed by atoms with Crippen LogP contribution in [-0.2, 0) is 6.67 Å². The molecule has 5 heteroatoms. The maximum atomic E-state index is 12.6. The zero-order valence-corrected chi connectivity index (χ0v) is 15.4. The van der Waals surface area contributed by atoms with Crippen molar-refractivity contribution in [2.24, 2.45) is 0 Å². The van der Waals surface area contributed by atoms with Crippen LogP contribution in [0, 0.1) is 13.8 Å². The molecule has 0 saturated carbocycles. The maximum absolute atomic E-state index is 12.6. The number of piperazine rings is 1. The van der Waals surface area contributed by atoms with Crippen molar-refractivity contribution in [3.8, 4) is 0 Å². The molecule has 0 N–H and O–H groups in total. The fraction of sp³-hybridized carbons (Fsp3) is 0.333. The Balaban J connectivity index is 1.47. The van der Waals surface area contributed by atoms with Gasteiger partial charge in [-0.25, -0.2) is 4.68 Å². The normalized spacial score (nSPS) is 15.5. The van der Waals surface area contributed by atoms with E-state index in [4.69, 9.17) is 0 Å². The van der Waals surface area contributed by atoms with E-state index in [0.29, 0.717) is 6.67 Å². The van der Waals surface area contributed by atoms with Gasteiger partial charge in [-0.05, 0) is 37.1 Å². The Morgan fingerprint density at radius 1 is 0.962 bits per heavy atom. The molecule has 1 saturated heterocycles. The first-order valence-corrected chi connectivity index (χ1v) is 9.12. The van der Waals surface area contributed by atoms with E-state index in [1.165, 1.54) is 16.8 Å². The lowest BCUT2D eigenvalue weighted by molar-refractivity contribution is 0.192. The average Bonchev–Trinajstić information content (AvgIpc) is 2.67. The van der Waals surface area contributed by atoms with Crippen molar-refractivity contribution in [2.45, 2.75) is 20.5 Å². The molecule has 2 aromatic carbocycles. The molecule has 0 bridgehead atoms. The highest BCUT2D eigenvalue weighted by atomic mass is 16.1. The summed E-state index contributed by atoms with van der Waals surface area (Å²) in [7, 11) is 0. The Hall–Kier alpha value is -2.66. The van der Waals surface area contributed by atoms with Crippen LogP contribution >= 0.6 is 0 Å². The van der Waals surface area contributed by atoms with Crippen molar-refractivity contribution in [3.05, 3.63) is 70.1 Å². The van der Waals surface area contributed by atoms with E-state index in [9.17, 15) is 4.79 Å². The maximum Gasteiger partial charge on any atom is 0.275 e. The summed E-state index contributed by atoms with van der Waals surface area (Å²) in [6.45, 7) is 8.68. The number of aromatic nitrogens is 2. The monoisotopic (exact) mass is 348 g/mol. The van der Waals surface area contributed by atoms with Gasteiger partial charge in [-0.2, -0.15) is 5.10 Å². The van der Waals surface area contributed by atoms with Crippen LogP contribution in [-0.4, -0.2) is 40.9 Å². The van der Waals surface area contributed by atoms with Gasteiger partial charge in [0, 0.05) is 37.3 Å². The third-order valence-electron chi connectivity index (χ3n) is 5.38. The van der Waals surface area contributed by atoms with Crippen LogP contribution < -0.4 is 10.5 Å². The largest absolute Gasteiger partial charge is 0.369 e. The first-order chi connectivity index (χ1) is 12.6. The Kier molecular flexibility index (Phi) is 4.47. The van der Waals surface area contributed by atoms with Gasteiger partial charge < -0.3 is 4.90 Å². The lowest BCUT2D eigenvalue weighted by atomic mass is 10.1. The fourth-order valence-electron chi connectivity index (χ4n) is 3.63. The second kappa shape index (κ2) is 6.92. The molecular weight excluding hydrogens is 324 g/mol. The first kappa shape index (κ1) is 16.8. The molecule has 0 spiro atoms. The van der Waals surface area contributed by atoms with E-state index in [1.807, 2.05) is 24.3 Å². The minimum Gasteiger partial charge on any atom is -0.369 e. The quantitative estimate of drug-likeness (QED) is 0.730. The first-order valence-electron chi connectivity index (χ1n) is 9.12. The van der Waals surface area contributed by atoms with Gasteiger partial charge in [-0.1, -0.05) is 30.3 Å². The molecule has 1 fully saturated rings. The summed E-state index contributed by atoms with van der Waals surface area (Å²) < 4.78 is 1.58. The summed E-state index contributed by atoms with van der Waals surface area (Å²) in [6, 6.07) is 14.1. The van der Waals surface area contributed by atoms with Crippen LogP contribution in [0.4, 0.5) is 5.69 Å². The van der Waals surface area contributed by atoms with E-state index >= 15 is 0 Å². The van der Waals surface area contributed by atoms with Crippen LogP contribution in [0.5, 0.6) is 0 Å². The Labute approximate surface area is 153 Å². The highest BCUT2D eigenvalue weighted by molar-refractivity contribution is 5.80. The number of fused-ring (bicyclic) bond motifs is 1. The average molecular weight is 348 g/mol. The number of benzene rings is 2. The molecule has 0 amide bonds. The number of aryl methyl sites for hydroxylation is 1. The van der Waals surface area contributed by atoms with Crippen molar-refractivity contribution in [1.29, 1.82) is 0 Å². The number of hydrogen-bond donors (Lipinski definition) is 0.